The van der Waals surface area contributed by atoms with Crippen molar-refractivity contribution in [2.75, 3.05) is 15.5 Å². The molecule has 4 aromatic carbocycles. The lowest BCUT2D eigenvalue weighted by Gasteiger charge is -2.16. The average molecular weight is 465 g/mol. The summed E-state index contributed by atoms with van der Waals surface area (Å²) < 4.78 is 14.6. The molecule has 5 rings (SSSR count). The van der Waals surface area contributed by atoms with Gasteiger partial charge in [0, 0.05) is 23.7 Å². The van der Waals surface area contributed by atoms with Crippen LogP contribution in [0.2, 0.25) is 0 Å². The number of anilines is 3. The Bertz CT molecular complexity index is 1520. The Balaban J connectivity index is 1.64. The predicted octanol–water partition coefficient (Wildman–Crippen LogP) is 5.33. The maximum absolute atomic E-state index is 14.6. The summed E-state index contributed by atoms with van der Waals surface area (Å²) in [4.78, 5) is 39.4. The highest BCUT2D eigenvalue weighted by molar-refractivity contribution is 6.46. The van der Waals surface area contributed by atoms with Crippen LogP contribution in [0.3, 0.4) is 0 Å². The molecule has 0 fully saturated rings. The van der Waals surface area contributed by atoms with Crippen LogP contribution in [-0.2, 0) is 14.4 Å². The number of imide groups is 1. The summed E-state index contributed by atoms with van der Waals surface area (Å²) in [6.45, 7) is 1.40. The Kier molecular flexibility index (Phi) is 5.58. The largest absolute Gasteiger partial charge is 0.350 e. The second-order valence-corrected chi connectivity index (χ2v) is 8.06. The van der Waals surface area contributed by atoms with E-state index in [1.807, 2.05) is 42.5 Å². The number of nitrogens with zero attached hydrogens (tertiary/aromatic N) is 1. The van der Waals surface area contributed by atoms with E-state index >= 15 is 0 Å². The van der Waals surface area contributed by atoms with Crippen LogP contribution in [0.4, 0.5) is 21.5 Å². The fourth-order valence-corrected chi connectivity index (χ4v) is 4.16. The molecule has 0 unspecified atom stereocenters. The molecule has 0 aromatic heterocycles. The number of rotatable bonds is 5. The highest BCUT2D eigenvalue weighted by atomic mass is 19.1. The van der Waals surface area contributed by atoms with Gasteiger partial charge >= 0.3 is 0 Å². The summed E-state index contributed by atoms with van der Waals surface area (Å²) in [5, 5.41) is 7.66. The molecule has 0 radical (unpaired) electrons. The quantitative estimate of drug-likeness (QED) is 0.391. The summed E-state index contributed by atoms with van der Waals surface area (Å²) in [7, 11) is 0. The highest BCUT2D eigenvalue weighted by Gasteiger charge is 2.41. The molecule has 0 saturated heterocycles. The Morgan fingerprint density at radius 3 is 2.23 bits per heavy atom. The van der Waals surface area contributed by atoms with E-state index in [1.165, 1.54) is 25.1 Å². The maximum Gasteiger partial charge on any atom is 0.282 e. The van der Waals surface area contributed by atoms with Crippen LogP contribution in [0.15, 0.2) is 96.7 Å². The monoisotopic (exact) mass is 465 g/mol. The number of para-hydroxylation sites is 1. The van der Waals surface area contributed by atoms with Gasteiger partial charge in [-0.3, -0.25) is 14.4 Å². The molecular weight excluding hydrogens is 445 g/mol. The third-order valence-electron chi connectivity index (χ3n) is 5.72. The van der Waals surface area contributed by atoms with Crippen molar-refractivity contribution in [1.82, 2.24) is 0 Å². The van der Waals surface area contributed by atoms with E-state index < -0.39 is 17.6 Å². The van der Waals surface area contributed by atoms with Gasteiger partial charge in [-0.2, -0.15) is 0 Å². The van der Waals surface area contributed by atoms with Crippen molar-refractivity contribution in [2.24, 2.45) is 0 Å². The first kappa shape index (κ1) is 22.0. The number of hydrogen-bond donors (Lipinski definition) is 2. The smallest absolute Gasteiger partial charge is 0.282 e. The first-order valence-corrected chi connectivity index (χ1v) is 10.9. The first-order valence-electron chi connectivity index (χ1n) is 10.9. The molecule has 172 valence electrons. The topological polar surface area (TPSA) is 78.5 Å². The molecule has 7 heteroatoms. The van der Waals surface area contributed by atoms with Crippen molar-refractivity contribution < 1.29 is 18.8 Å². The van der Waals surface area contributed by atoms with E-state index in [1.54, 1.807) is 30.3 Å². The van der Waals surface area contributed by atoms with Gasteiger partial charge < -0.3 is 10.6 Å². The molecule has 6 nitrogen and oxygen atoms in total. The Labute approximate surface area is 200 Å². The third-order valence-corrected chi connectivity index (χ3v) is 5.72. The molecule has 1 aliphatic rings. The summed E-state index contributed by atoms with van der Waals surface area (Å²) in [5.41, 5.74) is 1.68. The van der Waals surface area contributed by atoms with Crippen LogP contribution in [0.5, 0.6) is 0 Å². The minimum absolute atomic E-state index is 0.0434. The van der Waals surface area contributed by atoms with Gasteiger partial charge in [0.25, 0.3) is 11.8 Å². The highest BCUT2D eigenvalue weighted by Crippen LogP contribution is 2.36. The second kappa shape index (κ2) is 8.87. The molecule has 0 atom stereocenters. The molecule has 0 spiro atoms. The van der Waals surface area contributed by atoms with Crippen LogP contribution in [0, 0.1) is 5.82 Å². The van der Waals surface area contributed by atoms with E-state index in [0.717, 1.165) is 15.7 Å². The van der Waals surface area contributed by atoms with Crippen molar-refractivity contribution >= 4 is 51.1 Å². The van der Waals surface area contributed by atoms with E-state index in [9.17, 15) is 18.8 Å². The fraction of sp³-hybridized carbons (Fsp3) is 0.0357. The van der Waals surface area contributed by atoms with Gasteiger partial charge in [-0.15, -0.1) is 0 Å². The zero-order valence-electron chi connectivity index (χ0n) is 18.7. The summed E-state index contributed by atoms with van der Waals surface area (Å²) >= 11 is 0. The summed E-state index contributed by atoms with van der Waals surface area (Å²) in [6.07, 6.45) is 0. The number of nitrogens with one attached hydrogen (secondary N) is 2. The summed E-state index contributed by atoms with van der Waals surface area (Å²) in [5.74, 6) is -2.21. The van der Waals surface area contributed by atoms with Gasteiger partial charge in [0.15, 0.2) is 0 Å². The van der Waals surface area contributed by atoms with E-state index in [-0.39, 0.29) is 22.9 Å². The van der Waals surface area contributed by atoms with Crippen molar-refractivity contribution in [3.63, 3.8) is 0 Å². The molecule has 3 amide bonds. The number of fused-ring (bicyclic) bond motifs is 1. The molecule has 2 N–H and O–H groups in total. The molecular formula is C28H20FN3O3. The average Bonchev–Trinajstić information content (AvgIpc) is 3.09. The Hall–Kier alpha value is -4.78. The van der Waals surface area contributed by atoms with Crippen molar-refractivity contribution in [2.45, 2.75) is 6.92 Å². The molecule has 35 heavy (non-hydrogen) atoms. The number of carbonyl (C=O) groups is 3. The van der Waals surface area contributed by atoms with Gasteiger partial charge in [-0.1, -0.05) is 60.7 Å². The van der Waals surface area contributed by atoms with Crippen LogP contribution >= 0.6 is 0 Å². The van der Waals surface area contributed by atoms with Gasteiger partial charge in [0.1, 0.15) is 11.5 Å². The number of halogens is 1. The lowest BCUT2D eigenvalue weighted by Crippen LogP contribution is -2.33. The lowest BCUT2D eigenvalue weighted by atomic mass is 10.0. The molecule has 0 bridgehead atoms. The van der Waals surface area contributed by atoms with Crippen molar-refractivity contribution in [3.8, 4) is 0 Å². The summed E-state index contributed by atoms with van der Waals surface area (Å²) in [6, 6.07) is 25.5. The third kappa shape index (κ3) is 4.04. The normalized spacial score (nSPS) is 13.5. The number of amides is 3. The van der Waals surface area contributed by atoms with Crippen LogP contribution in [0.1, 0.15) is 12.5 Å². The molecule has 1 heterocycles. The minimum Gasteiger partial charge on any atom is -0.350 e. The van der Waals surface area contributed by atoms with Gasteiger partial charge in [0.2, 0.25) is 5.91 Å². The standard InChI is InChI=1S/C28H20FN3O3/c1-17(33)30-20-15-13-19(14-16-20)25-26(31-23-11-6-8-18-7-2-3-9-21(18)23)28(35)32(27(25)34)24-12-5-4-10-22(24)29/h2-16,31H,1H3,(H,30,33). The molecule has 1 aliphatic heterocycles. The minimum atomic E-state index is -0.680. The van der Waals surface area contributed by atoms with Gasteiger partial charge in [-0.25, -0.2) is 9.29 Å². The molecule has 0 saturated carbocycles. The number of carbonyl (C=O) groups excluding carboxylic acids is 3. The lowest BCUT2D eigenvalue weighted by molar-refractivity contribution is -0.120. The van der Waals surface area contributed by atoms with Gasteiger partial charge in [0.05, 0.1) is 11.3 Å². The van der Waals surface area contributed by atoms with E-state index in [4.69, 9.17) is 0 Å². The van der Waals surface area contributed by atoms with Crippen LogP contribution in [0.25, 0.3) is 16.3 Å². The Morgan fingerprint density at radius 1 is 0.800 bits per heavy atom. The second-order valence-electron chi connectivity index (χ2n) is 8.06. The zero-order chi connectivity index (χ0) is 24.5. The van der Waals surface area contributed by atoms with Crippen LogP contribution in [-0.4, -0.2) is 17.7 Å². The van der Waals surface area contributed by atoms with Gasteiger partial charge in [-0.05, 0) is 41.3 Å². The molecule has 0 aliphatic carbocycles. The van der Waals surface area contributed by atoms with E-state index in [0.29, 0.717) is 16.9 Å². The zero-order valence-corrected chi connectivity index (χ0v) is 18.7. The van der Waals surface area contributed by atoms with Crippen LogP contribution < -0.4 is 15.5 Å². The first-order chi connectivity index (χ1) is 16.9. The number of benzene rings is 4. The fourth-order valence-electron chi connectivity index (χ4n) is 4.16. The van der Waals surface area contributed by atoms with Crippen molar-refractivity contribution in [3.05, 3.63) is 108 Å². The molecule has 4 aromatic rings. The van der Waals surface area contributed by atoms with Crippen molar-refractivity contribution in [1.29, 1.82) is 0 Å². The number of hydrogen-bond acceptors (Lipinski definition) is 4. The maximum atomic E-state index is 14.6. The Morgan fingerprint density at radius 2 is 1.49 bits per heavy atom. The predicted molar refractivity (Wildman–Crippen MR) is 134 cm³/mol. The SMILES string of the molecule is CC(=O)Nc1ccc(C2=C(Nc3cccc4ccccc34)C(=O)N(c3ccccc3F)C2=O)cc1. The van der Waals surface area contributed by atoms with E-state index in [2.05, 4.69) is 10.6 Å².